The standard InChI is InChI=1S/C20H21BrN4/c21-16-8-6-15(7-9-16)19(14-17-4-1-2-10-22-17)24-18-5-3-12-25-13-11-23-20(18)25/h1-2,4,6-11,13,18-19,24H,3,5,12,14H2. The van der Waals surface area contributed by atoms with Gasteiger partial charge in [0.25, 0.3) is 0 Å². The van der Waals surface area contributed by atoms with Crippen molar-refractivity contribution >= 4 is 15.9 Å². The van der Waals surface area contributed by atoms with Crippen LogP contribution in [0.2, 0.25) is 0 Å². The average Bonchev–Trinajstić information content (AvgIpc) is 3.12. The number of nitrogens with zero attached hydrogens (tertiary/aromatic N) is 3. The Morgan fingerprint density at radius 2 is 2.00 bits per heavy atom. The van der Waals surface area contributed by atoms with Crippen molar-refractivity contribution in [2.45, 2.75) is 37.9 Å². The van der Waals surface area contributed by atoms with Crippen molar-refractivity contribution in [3.63, 3.8) is 0 Å². The molecular formula is C20H21BrN4. The van der Waals surface area contributed by atoms with E-state index in [1.54, 1.807) is 0 Å². The molecule has 1 aliphatic rings. The van der Waals surface area contributed by atoms with Gasteiger partial charge in [0.1, 0.15) is 5.82 Å². The second-order valence-corrected chi connectivity index (χ2v) is 7.39. The number of aromatic nitrogens is 3. The molecule has 1 aliphatic heterocycles. The Kier molecular flexibility index (Phi) is 4.95. The van der Waals surface area contributed by atoms with E-state index in [4.69, 9.17) is 0 Å². The summed E-state index contributed by atoms with van der Waals surface area (Å²) in [6, 6.07) is 15.2. The molecule has 0 fully saturated rings. The number of rotatable bonds is 5. The molecule has 2 unspecified atom stereocenters. The van der Waals surface area contributed by atoms with E-state index in [1.807, 2.05) is 24.5 Å². The van der Waals surface area contributed by atoms with Crippen LogP contribution in [0.25, 0.3) is 0 Å². The van der Waals surface area contributed by atoms with Gasteiger partial charge in [-0.1, -0.05) is 34.1 Å². The van der Waals surface area contributed by atoms with E-state index in [0.717, 1.165) is 35.4 Å². The molecule has 2 atom stereocenters. The molecule has 0 saturated carbocycles. The maximum absolute atomic E-state index is 4.58. The minimum Gasteiger partial charge on any atom is -0.334 e. The molecule has 128 valence electrons. The van der Waals surface area contributed by atoms with Crippen molar-refractivity contribution in [3.05, 3.63) is 82.6 Å². The third kappa shape index (κ3) is 3.83. The summed E-state index contributed by atoms with van der Waals surface area (Å²) in [4.78, 5) is 9.10. The largest absolute Gasteiger partial charge is 0.334 e. The Morgan fingerprint density at radius 1 is 1.12 bits per heavy atom. The summed E-state index contributed by atoms with van der Waals surface area (Å²) in [7, 11) is 0. The molecule has 25 heavy (non-hydrogen) atoms. The highest BCUT2D eigenvalue weighted by molar-refractivity contribution is 9.10. The van der Waals surface area contributed by atoms with Crippen molar-refractivity contribution in [1.82, 2.24) is 19.9 Å². The van der Waals surface area contributed by atoms with Gasteiger partial charge in [0, 0.05) is 47.8 Å². The number of benzene rings is 1. The number of fused-ring (bicyclic) bond motifs is 1. The molecule has 0 spiro atoms. The molecule has 5 heteroatoms. The van der Waals surface area contributed by atoms with Gasteiger partial charge in [0.15, 0.2) is 0 Å². The van der Waals surface area contributed by atoms with Crippen LogP contribution in [0.1, 0.15) is 42.0 Å². The maximum atomic E-state index is 4.58. The lowest BCUT2D eigenvalue weighted by atomic mass is 9.98. The first-order valence-electron chi connectivity index (χ1n) is 8.72. The number of imidazole rings is 1. The van der Waals surface area contributed by atoms with Crippen molar-refractivity contribution in [1.29, 1.82) is 0 Å². The van der Waals surface area contributed by atoms with Crippen LogP contribution >= 0.6 is 15.9 Å². The first-order valence-corrected chi connectivity index (χ1v) is 9.51. The lowest BCUT2D eigenvalue weighted by molar-refractivity contribution is 0.347. The fourth-order valence-corrected chi connectivity index (χ4v) is 3.78. The number of halogens is 1. The summed E-state index contributed by atoms with van der Waals surface area (Å²) < 4.78 is 3.36. The average molecular weight is 397 g/mol. The van der Waals surface area contributed by atoms with Gasteiger partial charge in [-0.25, -0.2) is 4.98 Å². The number of aryl methyl sites for hydroxylation is 1. The topological polar surface area (TPSA) is 42.7 Å². The molecule has 1 N–H and O–H groups in total. The summed E-state index contributed by atoms with van der Waals surface area (Å²) in [6.45, 7) is 1.07. The molecule has 4 rings (SSSR count). The fraction of sp³-hybridized carbons (Fsp3) is 0.300. The van der Waals surface area contributed by atoms with Gasteiger partial charge in [-0.05, 0) is 42.7 Å². The van der Waals surface area contributed by atoms with Gasteiger partial charge in [-0.3, -0.25) is 4.98 Å². The van der Waals surface area contributed by atoms with E-state index in [2.05, 4.69) is 72.3 Å². The number of nitrogens with one attached hydrogen (secondary N) is 1. The summed E-state index contributed by atoms with van der Waals surface area (Å²) in [5, 5.41) is 3.84. The van der Waals surface area contributed by atoms with Crippen LogP contribution in [0, 0.1) is 0 Å². The minimum absolute atomic E-state index is 0.205. The molecule has 3 heterocycles. The molecular weight excluding hydrogens is 376 g/mol. The molecule has 1 aromatic carbocycles. The molecule has 3 aromatic rings. The van der Waals surface area contributed by atoms with Crippen LogP contribution in [0.3, 0.4) is 0 Å². The van der Waals surface area contributed by atoms with Crippen LogP contribution in [-0.2, 0) is 13.0 Å². The van der Waals surface area contributed by atoms with Crippen molar-refractivity contribution in [2.75, 3.05) is 0 Å². The highest BCUT2D eigenvalue weighted by Crippen LogP contribution is 2.28. The van der Waals surface area contributed by atoms with E-state index < -0.39 is 0 Å². The quantitative estimate of drug-likeness (QED) is 0.692. The Labute approximate surface area is 156 Å². The lowest BCUT2D eigenvalue weighted by Crippen LogP contribution is -2.32. The fourth-order valence-electron chi connectivity index (χ4n) is 3.51. The van der Waals surface area contributed by atoms with E-state index in [0.29, 0.717) is 0 Å². The zero-order chi connectivity index (χ0) is 17.1. The van der Waals surface area contributed by atoms with Crippen LogP contribution in [0.4, 0.5) is 0 Å². The Hall–Kier alpha value is -1.98. The third-order valence-corrected chi connectivity index (χ3v) is 5.29. The first kappa shape index (κ1) is 16.5. The SMILES string of the molecule is Brc1ccc(C(Cc2ccccn2)NC2CCCn3ccnc32)cc1. The zero-order valence-corrected chi connectivity index (χ0v) is 15.6. The van der Waals surface area contributed by atoms with Crippen LogP contribution in [-0.4, -0.2) is 14.5 Å². The normalized spacial score (nSPS) is 17.9. The monoisotopic (exact) mass is 396 g/mol. The highest BCUT2D eigenvalue weighted by Gasteiger charge is 2.25. The zero-order valence-electron chi connectivity index (χ0n) is 14.0. The first-order chi connectivity index (χ1) is 12.3. The summed E-state index contributed by atoms with van der Waals surface area (Å²) >= 11 is 3.53. The summed E-state index contributed by atoms with van der Waals surface area (Å²) in [6.07, 6.45) is 9.00. The molecule has 0 aliphatic carbocycles. The van der Waals surface area contributed by atoms with Crippen molar-refractivity contribution in [2.24, 2.45) is 0 Å². The number of hydrogen-bond donors (Lipinski definition) is 1. The van der Waals surface area contributed by atoms with E-state index in [1.165, 1.54) is 12.0 Å². The second-order valence-electron chi connectivity index (χ2n) is 6.47. The van der Waals surface area contributed by atoms with Gasteiger partial charge in [-0.15, -0.1) is 0 Å². The Morgan fingerprint density at radius 3 is 2.80 bits per heavy atom. The minimum atomic E-state index is 0.205. The Balaban J connectivity index is 1.60. The van der Waals surface area contributed by atoms with Gasteiger partial charge in [0.2, 0.25) is 0 Å². The summed E-state index contributed by atoms with van der Waals surface area (Å²) in [5.74, 6) is 1.15. The summed E-state index contributed by atoms with van der Waals surface area (Å²) in [5.41, 5.74) is 2.37. The van der Waals surface area contributed by atoms with Gasteiger partial charge < -0.3 is 9.88 Å². The number of hydrogen-bond acceptors (Lipinski definition) is 3. The highest BCUT2D eigenvalue weighted by atomic mass is 79.9. The van der Waals surface area contributed by atoms with Crippen LogP contribution in [0.5, 0.6) is 0 Å². The molecule has 0 amide bonds. The smallest absolute Gasteiger partial charge is 0.125 e. The van der Waals surface area contributed by atoms with E-state index in [-0.39, 0.29) is 12.1 Å². The molecule has 0 bridgehead atoms. The predicted octanol–water partition coefficient (Wildman–Crippen LogP) is 4.45. The van der Waals surface area contributed by atoms with Gasteiger partial charge in [-0.2, -0.15) is 0 Å². The van der Waals surface area contributed by atoms with Crippen LogP contribution in [0.15, 0.2) is 65.5 Å². The van der Waals surface area contributed by atoms with Gasteiger partial charge >= 0.3 is 0 Å². The maximum Gasteiger partial charge on any atom is 0.125 e. The van der Waals surface area contributed by atoms with E-state index in [9.17, 15) is 0 Å². The van der Waals surface area contributed by atoms with Crippen LogP contribution < -0.4 is 5.32 Å². The molecule has 0 saturated heterocycles. The van der Waals surface area contributed by atoms with Crippen molar-refractivity contribution in [3.8, 4) is 0 Å². The van der Waals surface area contributed by atoms with Crippen molar-refractivity contribution < 1.29 is 0 Å². The lowest BCUT2D eigenvalue weighted by Gasteiger charge is -2.29. The van der Waals surface area contributed by atoms with E-state index >= 15 is 0 Å². The number of pyridine rings is 1. The molecule has 4 nitrogen and oxygen atoms in total. The molecule has 0 radical (unpaired) electrons. The predicted molar refractivity (Wildman–Crippen MR) is 102 cm³/mol. The third-order valence-electron chi connectivity index (χ3n) is 4.77. The second kappa shape index (κ2) is 7.50. The van der Waals surface area contributed by atoms with Gasteiger partial charge in [0.05, 0.1) is 6.04 Å². The molecule has 2 aromatic heterocycles. The Bertz CT molecular complexity index is 813.